The van der Waals surface area contributed by atoms with Crippen molar-refractivity contribution >= 4 is 33.8 Å². The molecule has 1 N–H and O–H groups in total. The quantitative estimate of drug-likeness (QED) is 0.673. The summed E-state index contributed by atoms with van der Waals surface area (Å²) >= 11 is 3.44. The average molecular weight is 370 g/mol. The van der Waals surface area contributed by atoms with E-state index >= 15 is 0 Å². The molecule has 1 amide bonds. The number of amides is 1. The number of hydrogen-bond acceptors (Lipinski definition) is 3. The molecule has 1 heterocycles. The molecule has 0 fully saturated rings. The number of carbonyl (C=O) groups is 2. The zero-order valence-corrected chi connectivity index (χ0v) is 13.5. The van der Waals surface area contributed by atoms with Gasteiger partial charge in [0.1, 0.15) is 5.76 Å². The summed E-state index contributed by atoms with van der Waals surface area (Å²) in [6.45, 7) is 0. The van der Waals surface area contributed by atoms with Crippen LogP contribution in [0.15, 0.2) is 69.6 Å². The van der Waals surface area contributed by atoms with Crippen molar-refractivity contribution in [1.29, 1.82) is 0 Å². The number of anilines is 1. The molecule has 0 aliphatic rings. The van der Waals surface area contributed by atoms with Gasteiger partial charge in [-0.25, -0.2) is 0 Å². The first kappa shape index (κ1) is 15.2. The topological polar surface area (TPSA) is 59.3 Å². The Hall–Kier alpha value is -2.66. The highest BCUT2D eigenvalue weighted by molar-refractivity contribution is 9.10. The van der Waals surface area contributed by atoms with Crippen LogP contribution in [-0.4, -0.2) is 12.2 Å². The van der Waals surface area contributed by atoms with Crippen LogP contribution in [0.3, 0.4) is 0 Å². The minimum absolute atomic E-state index is 0.180. The van der Waals surface area contributed by atoms with Crippen LogP contribution in [0.4, 0.5) is 5.69 Å². The van der Waals surface area contributed by atoms with Gasteiger partial charge >= 0.3 is 0 Å². The van der Waals surface area contributed by atoms with Crippen molar-refractivity contribution < 1.29 is 14.0 Å². The fraction of sp³-hybridized carbons (Fsp3) is 0. The van der Waals surface area contributed by atoms with Gasteiger partial charge in [0.2, 0.25) is 0 Å². The Kier molecular flexibility index (Phi) is 4.39. The molecule has 0 spiro atoms. The summed E-state index contributed by atoms with van der Waals surface area (Å²) < 4.78 is 6.11. The van der Waals surface area contributed by atoms with Crippen molar-refractivity contribution in [2.45, 2.75) is 0 Å². The van der Waals surface area contributed by atoms with Crippen LogP contribution in [0.1, 0.15) is 20.9 Å². The standard InChI is InChI=1S/C18H12BrNO3/c19-15-10-13(17-9-7-14(11-21)23-17)6-8-16(15)20-18(22)12-4-2-1-3-5-12/h1-11H,(H,20,22). The Labute approximate surface area is 141 Å². The maximum absolute atomic E-state index is 12.2. The van der Waals surface area contributed by atoms with Crippen molar-refractivity contribution in [3.63, 3.8) is 0 Å². The van der Waals surface area contributed by atoms with Gasteiger partial charge in [0.05, 0.1) is 5.69 Å². The number of nitrogens with one attached hydrogen (secondary N) is 1. The predicted octanol–water partition coefficient (Wildman–Crippen LogP) is 4.77. The first-order chi connectivity index (χ1) is 11.2. The third-order valence-electron chi connectivity index (χ3n) is 3.28. The van der Waals surface area contributed by atoms with Crippen molar-refractivity contribution in [1.82, 2.24) is 0 Å². The van der Waals surface area contributed by atoms with Crippen LogP contribution in [0, 0.1) is 0 Å². The van der Waals surface area contributed by atoms with Gasteiger partial charge in [-0.1, -0.05) is 18.2 Å². The highest BCUT2D eigenvalue weighted by Crippen LogP contribution is 2.30. The van der Waals surface area contributed by atoms with Gasteiger partial charge in [0, 0.05) is 15.6 Å². The highest BCUT2D eigenvalue weighted by atomic mass is 79.9. The lowest BCUT2D eigenvalue weighted by Gasteiger charge is -2.08. The number of hydrogen-bond donors (Lipinski definition) is 1. The number of aldehydes is 1. The molecule has 4 nitrogen and oxygen atoms in total. The summed E-state index contributed by atoms with van der Waals surface area (Å²) in [6.07, 6.45) is 0.660. The van der Waals surface area contributed by atoms with Crippen LogP contribution in [0.5, 0.6) is 0 Å². The number of carbonyl (C=O) groups excluding carboxylic acids is 2. The van der Waals surface area contributed by atoms with Crippen LogP contribution in [0.25, 0.3) is 11.3 Å². The first-order valence-corrected chi connectivity index (χ1v) is 7.68. The predicted molar refractivity (Wildman–Crippen MR) is 91.6 cm³/mol. The molecule has 23 heavy (non-hydrogen) atoms. The fourth-order valence-electron chi connectivity index (χ4n) is 2.13. The van der Waals surface area contributed by atoms with Gasteiger partial charge in [-0.05, 0) is 58.4 Å². The molecular weight excluding hydrogens is 358 g/mol. The van der Waals surface area contributed by atoms with E-state index in [1.54, 1.807) is 30.3 Å². The second kappa shape index (κ2) is 6.62. The van der Waals surface area contributed by atoms with E-state index in [4.69, 9.17) is 4.42 Å². The second-order valence-electron chi connectivity index (χ2n) is 4.83. The monoisotopic (exact) mass is 369 g/mol. The normalized spacial score (nSPS) is 10.3. The molecule has 3 aromatic rings. The van der Waals surface area contributed by atoms with E-state index in [9.17, 15) is 9.59 Å². The van der Waals surface area contributed by atoms with Gasteiger partial charge in [0.25, 0.3) is 5.91 Å². The van der Waals surface area contributed by atoms with Crippen molar-refractivity contribution in [3.8, 4) is 11.3 Å². The molecule has 0 aliphatic carbocycles. The van der Waals surface area contributed by atoms with E-state index in [2.05, 4.69) is 21.2 Å². The Balaban J connectivity index is 1.82. The Morgan fingerprint density at radius 1 is 1.04 bits per heavy atom. The summed E-state index contributed by atoms with van der Waals surface area (Å²) in [7, 11) is 0. The molecule has 0 saturated heterocycles. The maximum Gasteiger partial charge on any atom is 0.255 e. The molecule has 114 valence electrons. The summed E-state index contributed by atoms with van der Waals surface area (Å²) in [5.74, 6) is 0.687. The van der Waals surface area contributed by atoms with E-state index in [-0.39, 0.29) is 11.7 Å². The Morgan fingerprint density at radius 3 is 2.48 bits per heavy atom. The molecule has 2 aromatic carbocycles. The molecule has 0 unspecified atom stereocenters. The van der Waals surface area contributed by atoms with E-state index in [0.29, 0.717) is 23.3 Å². The van der Waals surface area contributed by atoms with Gasteiger partial charge in [0.15, 0.2) is 12.0 Å². The number of rotatable bonds is 4. The van der Waals surface area contributed by atoms with Crippen molar-refractivity contribution in [2.75, 3.05) is 5.32 Å². The summed E-state index contributed by atoms with van der Waals surface area (Å²) in [5, 5.41) is 2.85. The lowest BCUT2D eigenvalue weighted by Crippen LogP contribution is -2.11. The first-order valence-electron chi connectivity index (χ1n) is 6.89. The molecule has 0 saturated carbocycles. The number of halogens is 1. The van der Waals surface area contributed by atoms with Crippen molar-refractivity contribution in [2.24, 2.45) is 0 Å². The lowest BCUT2D eigenvalue weighted by atomic mass is 10.1. The smallest absolute Gasteiger partial charge is 0.255 e. The van der Waals surface area contributed by atoms with Gasteiger partial charge < -0.3 is 9.73 Å². The van der Waals surface area contributed by atoms with E-state index in [0.717, 1.165) is 10.0 Å². The minimum Gasteiger partial charge on any atom is -0.453 e. The molecular formula is C18H12BrNO3. The molecule has 0 aliphatic heterocycles. The third-order valence-corrected chi connectivity index (χ3v) is 3.94. The zero-order valence-electron chi connectivity index (χ0n) is 12.0. The number of furan rings is 1. The molecule has 5 heteroatoms. The van der Waals surface area contributed by atoms with E-state index in [1.165, 1.54) is 0 Å². The van der Waals surface area contributed by atoms with Gasteiger partial charge in [-0.3, -0.25) is 9.59 Å². The summed E-state index contributed by atoms with van der Waals surface area (Å²) in [5.41, 5.74) is 2.05. The summed E-state index contributed by atoms with van der Waals surface area (Å²) in [6, 6.07) is 17.8. The fourth-order valence-corrected chi connectivity index (χ4v) is 2.60. The van der Waals surface area contributed by atoms with Crippen molar-refractivity contribution in [3.05, 3.63) is 76.5 Å². The summed E-state index contributed by atoms with van der Waals surface area (Å²) in [4.78, 5) is 22.9. The zero-order chi connectivity index (χ0) is 16.2. The number of benzene rings is 2. The molecule has 0 radical (unpaired) electrons. The maximum atomic E-state index is 12.2. The highest BCUT2D eigenvalue weighted by Gasteiger charge is 2.10. The van der Waals surface area contributed by atoms with Crippen LogP contribution >= 0.6 is 15.9 Å². The SMILES string of the molecule is O=Cc1ccc(-c2ccc(NC(=O)c3ccccc3)c(Br)c2)o1. The third kappa shape index (κ3) is 3.40. The van der Waals surface area contributed by atoms with Crippen LogP contribution < -0.4 is 5.32 Å². The average Bonchev–Trinajstić information content (AvgIpc) is 3.06. The van der Waals surface area contributed by atoms with Crippen LogP contribution in [0.2, 0.25) is 0 Å². The molecule has 3 rings (SSSR count). The largest absolute Gasteiger partial charge is 0.453 e. The second-order valence-corrected chi connectivity index (χ2v) is 5.69. The van der Waals surface area contributed by atoms with Gasteiger partial charge in [-0.15, -0.1) is 0 Å². The molecule has 0 bridgehead atoms. The molecule has 0 atom stereocenters. The Morgan fingerprint density at radius 2 is 1.83 bits per heavy atom. The van der Waals surface area contributed by atoms with Crippen LogP contribution in [-0.2, 0) is 0 Å². The van der Waals surface area contributed by atoms with E-state index in [1.807, 2.05) is 30.3 Å². The Bertz CT molecular complexity index is 856. The van der Waals surface area contributed by atoms with E-state index < -0.39 is 0 Å². The molecule has 1 aromatic heterocycles. The van der Waals surface area contributed by atoms with Gasteiger partial charge in [-0.2, -0.15) is 0 Å². The minimum atomic E-state index is -0.180. The lowest BCUT2D eigenvalue weighted by molar-refractivity contribution is 0.102.